The summed E-state index contributed by atoms with van der Waals surface area (Å²) in [7, 11) is 0.976. The maximum absolute atomic E-state index is 13.0. The van der Waals surface area contributed by atoms with Gasteiger partial charge in [0.25, 0.3) is 0 Å². The quantitative estimate of drug-likeness (QED) is 0.651. The summed E-state index contributed by atoms with van der Waals surface area (Å²) in [6, 6.07) is 0.536. The van der Waals surface area contributed by atoms with Crippen LogP contribution in [0.2, 0.25) is 0 Å². The first-order valence-corrected chi connectivity index (χ1v) is 12.3. The Hall–Kier alpha value is -0.960. The molecule has 7 nitrogen and oxygen atoms in total. The van der Waals surface area contributed by atoms with Crippen LogP contribution < -0.4 is 0 Å². The number of nitrogens with zero attached hydrogens (tertiary/aromatic N) is 4. The van der Waals surface area contributed by atoms with Gasteiger partial charge in [0.2, 0.25) is 15.0 Å². The number of imidazole rings is 1. The Kier molecular flexibility index (Phi) is 6.11. The molecular weight excluding hydrogens is 376 g/mol. The van der Waals surface area contributed by atoms with Crippen LogP contribution in [0, 0.1) is 5.92 Å². The van der Waals surface area contributed by atoms with Crippen molar-refractivity contribution < 1.29 is 13.2 Å². The van der Waals surface area contributed by atoms with E-state index in [0.29, 0.717) is 18.5 Å². The van der Waals surface area contributed by atoms with Gasteiger partial charge in [-0.25, -0.2) is 13.4 Å². The van der Waals surface area contributed by atoms with Crippen LogP contribution in [0.3, 0.4) is 0 Å². The molecule has 0 radical (unpaired) electrons. The lowest BCUT2D eigenvalue weighted by atomic mass is 10.0. The molecule has 1 aliphatic carbocycles. The molecule has 0 N–H and O–H groups in total. The number of hydrogen-bond acceptors (Lipinski definition) is 6. The fourth-order valence-electron chi connectivity index (χ4n) is 4.44. The zero-order chi connectivity index (χ0) is 19.7. The van der Waals surface area contributed by atoms with Crippen LogP contribution >= 0.6 is 0 Å². The molecule has 0 aromatic carbocycles. The number of aromatic nitrogens is 2. The van der Waals surface area contributed by atoms with Crippen LogP contribution in [-0.2, 0) is 27.7 Å². The second-order valence-electron chi connectivity index (χ2n) is 8.95. The fourth-order valence-corrected chi connectivity index (χ4v) is 6.29. The third-order valence-electron chi connectivity index (χ3n) is 6.46. The van der Waals surface area contributed by atoms with Crippen molar-refractivity contribution in [3.05, 3.63) is 11.9 Å². The summed E-state index contributed by atoms with van der Waals surface area (Å²) in [4.78, 5) is 9.14. The van der Waals surface area contributed by atoms with E-state index in [1.165, 1.54) is 0 Å². The van der Waals surface area contributed by atoms with E-state index in [2.05, 4.69) is 28.9 Å². The second kappa shape index (κ2) is 8.42. The third-order valence-corrected chi connectivity index (χ3v) is 8.26. The zero-order valence-electron chi connectivity index (χ0n) is 17.2. The molecule has 3 heterocycles. The van der Waals surface area contributed by atoms with E-state index in [1.807, 2.05) is 4.57 Å². The minimum atomic E-state index is -3.35. The van der Waals surface area contributed by atoms with E-state index in [9.17, 15) is 8.42 Å². The zero-order valence-corrected chi connectivity index (χ0v) is 18.0. The second-order valence-corrected chi connectivity index (χ2v) is 10.9. The summed E-state index contributed by atoms with van der Waals surface area (Å²) in [6.07, 6.45) is 8.27. The van der Waals surface area contributed by atoms with Crippen LogP contribution in [0.1, 0.15) is 44.2 Å². The van der Waals surface area contributed by atoms with Crippen molar-refractivity contribution in [1.82, 2.24) is 19.4 Å². The Morgan fingerprint density at radius 1 is 1.21 bits per heavy atom. The highest BCUT2D eigenvalue weighted by Crippen LogP contribution is 2.32. The Bertz CT molecular complexity index is 760. The molecule has 1 atom stereocenters. The highest BCUT2D eigenvalue weighted by atomic mass is 32.2. The topological polar surface area (TPSA) is 67.7 Å². The summed E-state index contributed by atoms with van der Waals surface area (Å²) >= 11 is 0. The smallest absolute Gasteiger partial charge is 0.227 e. The predicted octanol–water partition coefficient (Wildman–Crippen LogP) is 1.77. The van der Waals surface area contributed by atoms with E-state index >= 15 is 0 Å². The molecule has 0 amide bonds. The molecule has 1 aromatic rings. The molecule has 158 valence electrons. The van der Waals surface area contributed by atoms with Crippen molar-refractivity contribution in [2.24, 2.45) is 5.92 Å². The lowest BCUT2D eigenvalue weighted by Gasteiger charge is -2.35. The van der Waals surface area contributed by atoms with Gasteiger partial charge in [-0.15, -0.1) is 0 Å². The van der Waals surface area contributed by atoms with Crippen LogP contribution in [0.25, 0.3) is 0 Å². The Balaban J connectivity index is 1.53. The Morgan fingerprint density at radius 3 is 2.61 bits per heavy atom. The summed E-state index contributed by atoms with van der Waals surface area (Å²) in [5, 5.41) is 0.252. The first kappa shape index (κ1) is 20.3. The molecule has 2 saturated heterocycles. The molecule has 4 rings (SSSR count). The molecular formula is C20H34N4O3S. The van der Waals surface area contributed by atoms with Crippen LogP contribution in [0.15, 0.2) is 11.4 Å². The maximum Gasteiger partial charge on any atom is 0.227 e. The molecule has 0 spiro atoms. The van der Waals surface area contributed by atoms with Gasteiger partial charge in [-0.05, 0) is 71.6 Å². The lowest BCUT2D eigenvalue weighted by Crippen LogP contribution is -2.41. The largest absolute Gasteiger partial charge is 0.376 e. The molecule has 3 aliphatic rings. The molecule has 0 bridgehead atoms. The standard InChI is InChI=1S/C20H34N4O3S/c1-22-9-7-17(8-10-22)23(2)13-18-12-21-20(28(25,26)15-16-5-6-16)24(18)14-19-4-3-11-27-19/h12,16-17,19H,3-11,13-15H2,1-2H3/t19-/m0/s1. The Morgan fingerprint density at radius 2 is 1.96 bits per heavy atom. The van der Waals surface area contributed by atoms with Crippen LogP contribution in [0.5, 0.6) is 0 Å². The number of rotatable bonds is 8. The monoisotopic (exact) mass is 410 g/mol. The van der Waals surface area contributed by atoms with Gasteiger partial charge in [0, 0.05) is 19.2 Å². The SMILES string of the molecule is CN1CCC(N(C)Cc2cnc(S(=O)(=O)CC3CC3)n2C[C@@H]2CCCO2)CC1. The minimum absolute atomic E-state index is 0.0939. The van der Waals surface area contributed by atoms with Crippen molar-refractivity contribution in [1.29, 1.82) is 0 Å². The summed E-state index contributed by atoms with van der Waals surface area (Å²) in [5.41, 5.74) is 0.992. The molecule has 1 aromatic heterocycles. The molecule has 0 unspecified atom stereocenters. The van der Waals surface area contributed by atoms with Gasteiger partial charge in [0.05, 0.1) is 30.3 Å². The molecule has 1 saturated carbocycles. The van der Waals surface area contributed by atoms with Crippen LogP contribution in [0.4, 0.5) is 0 Å². The van der Waals surface area contributed by atoms with Gasteiger partial charge in [-0.2, -0.15) is 0 Å². The van der Waals surface area contributed by atoms with E-state index in [4.69, 9.17) is 4.74 Å². The fraction of sp³-hybridized carbons (Fsp3) is 0.850. The van der Waals surface area contributed by atoms with Crippen molar-refractivity contribution in [2.75, 3.05) is 39.5 Å². The number of piperidine rings is 1. The predicted molar refractivity (Wildman–Crippen MR) is 108 cm³/mol. The molecule has 2 aliphatic heterocycles. The van der Waals surface area contributed by atoms with Crippen LogP contribution in [-0.4, -0.2) is 79.5 Å². The average Bonchev–Trinajstić information content (AvgIpc) is 3.15. The normalized spacial score (nSPS) is 25.0. The van der Waals surface area contributed by atoms with Gasteiger partial charge in [0.15, 0.2) is 0 Å². The van der Waals surface area contributed by atoms with Gasteiger partial charge >= 0.3 is 0 Å². The summed E-state index contributed by atoms with van der Waals surface area (Å²) in [6.45, 7) is 4.33. The van der Waals surface area contributed by atoms with Crippen molar-refractivity contribution in [2.45, 2.75) is 68.9 Å². The Labute approximate surface area is 169 Å². The maximum atomic E-state index is 13.0. The molecule has 8 heteroatoms. The van der Waals surface area contributed by atoms with E-state index in [0.717, 1.165) is 70.5 Å². The number of ether oxygens (including phenoxy) is 1. The van der Waals surface area contributed by atoms with E-state index in [1.54, 1.807) is 6.20 Å². The highest BCUT2D eigenvalue weighted by Gasteiger charge is 2.33. The van der Waals surface area contributed by atoms with Crippen molar-refractivity contribution >= 4 is 9.84 Å². The van der Waals surface area contributed by atoms with Crippen molar-refractivity contribution in [3.63, 3.8) is 0 Å². The third kappa shape index (κ3) is 4.78. The minimum Gasteiger partial charge on any atom is -0.376 e. The number of sulfone groups is 1. The molecule has 3 fully saturated rings. The first-order chi connectivity index (χ1) is 13.4. The van der Waals surface area contributed by atoms with Gasteiger partial charge in [0.1, 0.15) is 0 Å². The number of hydrogen-bond donors (Lipinski definition) is 0. The lowest BCUT2D eigenvalue weighted by molar-refractivity contribution is 0.0920. The molecule has 28 heavy (non-hydrogen) atoms. The number of likely N-dealkylation sites (tertiary alicyclic amines) is 1. The average molecular weight is 411 g/mol. The first-order valence-electron chi connectivity index (χ1n) is 10.7. The summed E-state index contributed by atoms with van der Waals surface area (Å²) in [5.74, 6) is 0.558. The van der Waals surface area contributed by atoms with E-state index in [-0.39, 0.29) is 17.0 Å². The highest BCUT2D eigenvalue weighted by molar-refractivity contribution is 7.91. The van der Waals surface area contributed by atoms with Gasteiger partial charge < -0.3 is 14.2 Å². The van der Waals surface area contributed by atoms with Gasteiger partial charge in [-0.1, -0.05) is 0 Å². The van der Waals surface area contributed by atoms with E-state index < -0.39 is 9.84 Å². The van der Waals surface area contributed by atoms with Crippen molar-refractivity contribution in [3.8, 4) is 0 Å². The van der Waals surface area contributed by atoms with Gasteiger partial charge in [-0.3, -0.25) is 4.90 Å². The summed E-state index contributed by atoms with van der Waals surface area (Å²) < 4.78 is 33.7.